The van der Waals surface area contributed by atoms with Crippen LogP contribution in [0.3, 0.4) is 0 Å². The van der Waals surface area contributed by atoms with Gasteiger partial charge in [-0.25, -0.2) is 8.78 Å². The first kappa shape index (κ1) is 27.5. The van der Waals surface area contributed by atoms with Crippen LogP contribution < -0.4 is 19.7 Å². The van der Waals surface area contributed by atoms with Gasteiger partial charge in [-0.05, 0) is 78.7 Å². The van der Waals surface area contributed by atoms with Crippen LogP contribution in [0.4, 0.5) is 14.6 Å². The van der Waals surface area contributed by atoms with Crippen molar-refractivity contribution in [2.45, 2.75) is 75.3 Å². The number of halogens is 2. The van der Waals surface area contributed by atoms with E-state index in [4.69, 9.17) is 19.4 Å². The minimum atomic E-state index is -0.877. The number of ether oxygens (including phenoxy) is 2. The van der Waals surface area contributed by atoms with Gasteiger partial charge in [-0.2, -0.15) is 9.97 Å². The van der Waals surface area contributed by atoms with E-state index in [0.29, 0.717) is 53.7 Å². The molecule has 9 rings (SSSR count). The number of alkyl halides is 1. The number of rotatable bonds is 5. The number of aryl methyl sites for hydroxylation is 1. The highest BCUT2D eigenvalue weighted by Gasteiger charge is 2.50. The van der Waals surface area contributed by atoms with E-state index in [1.165, 1.54) is 0 Å². The van der Waals surface area contributed by atoms with Crippen molar-refractivity contribution in [3.8, 4) is 28.6 Å². The first-order valence-corrected chi connectivity index (χ1v) is 16.4. The average molecular weight is 614 g/mol. The number of aromatic nitrogens is 2. The molecule has 0 amide bonds. The number of anilines is 1. The SMILES string of the molecule is CCc1cccc2cc(O)cc(-c3cc4c5c(nc(OC[C@@]67CCCN6C[C@H](F)C7)nc5c3F)N3CC5CC[C@H](N5)[C@H]3CO4)c12. The van der Waals surface area contributed by atoms with Crippen molar-refractivity contribution >= 4 is 27.5 Å². The average Bonchev–Trinajstić information content (AvgIpc) is 3.67. The van der Waals surface area contributed by atoms with Gasteiger partial charge in [0.25, 0.3) is 0 Å². The Morgan fingerprint density at radius 2 is 2.04 bits per heavy atom. The molecule has 5 atom stereocenters. The molecule has 8 nitrogen and oxygen atoms in total. The van der Waals surface area contributed by atoms with Gasteiger partial charge >= 0.3 is 6.01 Å². The van der Waals surface area contributed by atoms with E-state index < -0.39 is 12.0 Å². The summed E-state index contributed by atoms with van der Waals surface area (Å²) in [5, 5.41) is 16.7. The third-order valence-corrected chi connectivity index (χ3v) is 11.0. The van der Waals surface area contributed by atoms with Crippen LogP contribution in [0, 0.1) is 5.82 Å². The summed E-state index contributed by atoms with van der Waals surface area (Å²) in [4.78, 5) is 14.1. The largest absolute Gasteiger partial charge is 0.508 e. The summed E-state index contributed by atoms with van der Waals surface area (Å²) < 4.78 is 44.5. The van der Waals surface area contributed by atoms with Crippen LogP contribution in [0.25, 0.3) is 32.8 Å². The molecule has 6 heterocycles. The molecule has 0 saturated carbocycles. The lowest BCUT2D eigenvalue weighted by atomic mass is 9.92. The van der Waals surface area contributed by atoms with Crippen LogP contribution in [0.5, 0.6) is 17.5 Å². The standard InChI is InChI=1S/C35H37F2N5O3/c1-2-19-5-3-6-20-11-23(43)12-24(29(19)20)25-13-28-30-32(31(25)37)39-34(45-18-35-9-4-10-41(35)15-21(36)14-35)40-33(30)42-16-22-7-8-26(38-22)27(42)17-44-28/h3,5-6,11-13,21-22,26-27,38,43H,2,4,7-10,14-18H2,1H3/t21-,22?,26+,27-,35+/m1/s1. The predicted molar refractivity (Wildman–Crippen MR) is 169 cm³/mol. The Balaban J connectivity index is 1.24. The van der Waals surface area contributed by atoms with Crippen LogP contribution in [0.15, 0.2) is 36.4 Å². The van der Waals surface area contributed by atoms with Gasteiger partial charge in [0.2, 0.25) is 0 Å². The number of aromatic hydroxyl groups is 1. The fraction of sp³-hybridized carbons (Fsp3) is 0.486. The molecule has 2 N–H and O–H groups in total. The molecular formula is C35H37F2N5O3. The van der Waals surface area contributed by atoms with E-state index in [1.807, 2.05) is 18.2 Å². The zero-order valence-electron chi connectivity index (χ0n) is 25.4. The first-order valence-electron chi connectivity index (χ1n) is 16.4. The maximum absolute atomic E-state index is 17.1. The Labute approximate surface area is 260 Å². The molecular weight excluding hydrogens is 576 g/mol. The molecule has 4 fully saturated rings. The number of hydrogen-bond acceptors (Lipinski definition) is 8. The third kappa shape index (κ3) is 4.21. The van der Waals surface area contributed by atoms with Crippen LogP contribution in [0.1, 0.15) is 44.6 Å². The smallest absolute Gasteiger partial charge is 0.319 e. The highest BCUT2D eigenvalue weighted by molar-refractivity contribution is 6.05. The zero-order chi connectivity index (χ0) is 30.4. The maximum Gasteiger partial charge on any atom is 0.319 e. The quantitative estimate of drug-likeness (QED) is 0.305. The summed E-state index contributed by atoms with van der Waals surface area (Å²) in [5.41, 5.74) is 1.71. The molecule has 3 aromatic carbocycles. The van der Waals surface area contributed by atoms with Crippen molar-refractivity contribution < 1.29 is 23.4 Å². The van der Waals surface area contributed by atoms with Gasteiger partial charge in [0.05, 0.1) is 17.0 Å². The molecule has 4 aromatic rings. The molecule has 5 aliphatic rings. The third-order valence-electron chi connectivity index (χ3n) is 11.0. The number of nitrogens with zero attached hydrogens (tertiary/aromatic N) is 4. The molecule has 45 heavy (non-hydrogen) atoms. The molecule has 0 radical (unpaired) electrons. The summed E-state index contributed by atoms with van der Waals surface area (Å²) in [7, 11) is 0. The van der Waals surface area contributed by atoms with Gasteiger partial charge in [0.1, 0.15) is 42.2 Å². The molecule has 4 saturated heterocycles. The fourth-order valence-electron chi connectivity index (χ4n) is 8.95. The molecule has 5 aliphatic heterocycles. The number of fused-ring (bicyclic) bond motifs is 7. The van der Waals surface area contributed by atoms with Crippen molar-refractivity contribution in [1.29, 1.82) is 0 Å². The lowest BCUT2D eigenvalue weighted by Crippen LogP contribution is -2.60. The minimum absolute atomic E-state index is 0.0213. The van der Waals surface area contributed by atoms with Crippen molar-refractivity contribution in [3.05, 3.63) is 47.8 Å². The van der Waals surface area contributed by atoms with Crippen LogP contribution in [-0.2, 0) is 6.42 Å². The highest BCUT2D eigenvalue weighted by atomic mass is 19.1. The van der Waals surface area contributed by atoms with E-state index >= 15 is 4.39 Å². The van der Waals surface area contributed by atoms with Gasteiger partial charge in [-0.15, -0.1) is 0 Å². The van der Waals surface area contributed by atoms with Crippen LogP contribution in [0.2, 0.25) is 0 Å². The summed E-state index contributed by atoms with van der Waals surface area (Å²) in [5.74, 6) is 0.703. The molecule has 10 heteroatoms. The fourth-order valence-corrected chi connectivity index (χ4v) is 8.95. The first-order chi connectivity index (χ1) is 21.9. The molecule has 0 spiro atoms. The van der Waals surface area contributed by atoms with Crippen molar-refractivity contribution in [2.75, 3.05) is 37.7 Å². The summed E-state index contributed by atoms with van der Waals surface area (Å²) in [6, 6.07) is 11.7. The van der Waals surface area contributed by atoms with Gasteiger partial charge in [0.15, 0.2) is 5.82 Å². The van der Waals surface area contributed by atoms with E-state index in [-0.39, 0.29) is 41.5 Å². The number of phenolic OH excluding ortho intramolecular Hbond substituents is 1. The summed E-state index contributed by atoms with van der Waals surface area (Å²) in [6.45, 7) is 4.77. The second-order valence-electron chi connectivity index (χ2n) is 13.6. The highest BCUT2D eigenvalue weighted by Crippen LogP contribution is 2.47. The van der Waals surface area contributed by atoms with Gasteiger partial charge in [0, 0.05) is 37.2 Å². The van der Waals surface area contributed by atoms with E-state index in [9.17, 15) is 9.50 Å². The van der Waals surface area contributed by atoms with Crippen LogP contribution in [-0.4, -0.2) is 82.7 Å². The molecule has 0 aliphatic carbocycles. The number of phenols is 1. The lowest BCUT2D eigenvalue weighted by Gasteiger charge is -2.40. The van der Waals surface area contributed by atoms with Crippen molar-refractivity contribution in [3.63, 3.8) is 0 Å². The van der Waals surface area contributed by atoms with Crippen molar-refractivity contribution in [1.82, 2.24) is 20.2 Å². The van der Waals surface area contributed by atoms with E-state index in [2.05, 4.69) is 22.0 Å². The molecule has 234 valence electrons. The van der Waals surface area contributed by atoms with Crippen molar-refractivity contribution in [2.24, 2.45) is 0 Å². The Kier molecular flexibility index (Phi) is 6.20. The minimum Gasteiger partial charge on any atom is -0.508 e. The molecule has 1 unspecified atom stereocenters. The monoisotopic (exact) mass is 613 g/mol. The predicted octanol–water partition coefficient (Wildman–Crippen LogP) is 5.51. The normalized spacial score (nSPS) is 28.7. The van der Waals surface area contributed by atoms with E-state index in [1.54, 1.807) is 18.2 Å². The Morgan fingerprint density at radius 1 is 1.13 bits per heavy atom. The second-order valence-corrected chi connectivity index (χ2v) is 13.6. The summed E-state index contributed by atoms with van der Waals surface area (Å²) in [6.07, 6.45) is 4.28. The number of piperazine rings is 1. The molecule has 2 bridgehead atoms. The number of nitrogens with one attached hydrogen (secondary N) is 1. The Morgan fingerprint density at radius 3 is 2.93 bits per heavy atom. The topological polar surface area (TPSA) is 83.0 Å². The van der Waals surface area contributed by atoms with E-state index in [0.717, 1.165) is 61.5 Å². The zero-order valence-corrected chi connectivity index (χ0v) is 25.4. The lowest BCUT2D eigenvalue weighted by molar-refractivity contribution is 0.107. The second kappa shape index (κ2) is 10.1. The molecule has 1 aromatic heterocycles. The van der Waals surface area contributed by atoms with Gasteiger partial charge in [-0.1, -0.05) is 25.1 Å². The number of benzene rings is 3. The van der Waals surface area contributed by atoms with Crippen LogP contribution >= 0.6 is 0 Å². The maximum atomic E-state index is 17.1. The van der Waals surface area contributed by atoms with Gasteiger partial charge < -0.3 is 24.8 Å². The number of hydrogen-bond donors (Lipinski definition) is 2. The summed E-state index contributed by atoms with van der Waals surface area (Å²) >= 11 is 0. The Bertz CT molecular complexity index is 1850. The Hall–Kier alpha value is -3.76. The van der Waals surface area contributed by atoms with Gasteiger partial charge in [-0.3, -0.25) is 4.90 Å².